The Morgan fingerprint density at radius 1 is 0.900 bits per heavy atom. The zero-order valence-corrected chi connectivity index (χ0v) is 17.1. The second kappa shape index (κ2) is 7.53. The second-order valence-corrected chi connectivity index (χ2v) is 9.79. The lowest BCUT2D eigenvalue weighted by Gasteiger charge is -2.40. The minimum Gasteiger partial charge on any atom is -0.423 e. The molecule has 0 aromatic heterocycles. The molecular formula is C21H23F5O3S. The van der Waals surface area contributed by atoms with Crippen LogP contribution in [0.4, 0.5) is 19.4 Å². The van der Waals surface area contributed by atoms with E-state index < -0.39 is 21.1 Å². The van der Waals surface area contributed by atoms with Crippen molar-refractivity contribution in [2.24, 2.45) is 0 Å². The third-order valence-electron chi connectivity index (χ3n) is 5.17. The zero-order chi connectivity index (χ0) is 22.1. The lowest BCUT2D eigenvalue weighted by Crippen LogP contribution is -2.20. The van der Waals surface area contributed by atoms with E-state index in [1.165, 1.54) is 0 Å². The fourth-order valence-corrected chi connectivity index (χ4v) is 4.27. The van der Waals surface area contributed by atoms with E-state index in [2.05, 4.69) is 0 Å². The Bertz CT molecular complexity index is 888. The average Bonchev–Trinajstić information content (AvgIpc) is 2.68. The van der Waals surface area contributed by atoms with Gasteiger partial charge in [-0.15, -0.1) is 0 Å². The molecule has 0 radical (unpaired) electrons. The van der Waals surface area contributed by atoms with Crippen LogP contribution >= 0.6 is 10.2 Å². The summed E-state index contributed by atoms with van der Waals surface area (Å²) in [5.41, 5.74) is 1.32. The van der Waals surface area contributed by atoms with E-state index >= 15 is 0 Å². The molecule has 166 valence electrons. The van der Waals surface area contributed by atoms with Crippen LogP contribution in [0, 0.1) is 0 Å². The van der Waals surface area contributed by atoms with E-state index in [0.717, 1.165) is 31.2 Å². The predicted octanol–water partition coefficient (Wildman–Crippen LogP) is 7.63. The molecule has 3 rings (SSSR count). The summed E-state index contributed by atoms with van der Waals surface area (Å²) >= 11 is 0. The predicted molar refractivity (Wildman–Crippen MR) is 106 cm³/mol. The number of hydrogen-bond acceptors (Lipinski definition) is 3. The SMILES string of the molecule is CCO[C@H]1CC[C@H](c2ccc(C(=O)Oc3ccc(S(F)(F)(F)(F)F)cc3)cc2)CC1. The quantitative estimate of drug-likeness (QED) is 0.258. The molecule has 9 heteroatoms. The van der Waals surface area contributed by atoms with Crippen molar-refractivity contribution in [1.82, 2.24) is 0 Å². The molecule has 0 aliphatic heterocycles. The van der Waals surface area contributed by atoms with Gasteiger partial charge in [-0.2, -0.15) is 0 Å². The summed E-state index contributed by atoms with van der Waals surface area (Å²) in [6, 6.07) is 8.69. The maximum absolute atomic E-state index is 12.7. The lowest BCUT2D eigenvalue weighted by atomic mass is 9.82. The maximum Gasteiger partial charge on any atom is 0.343 e. The van der Waals surface area contributed by atoms with Crippen LogP contribution in [0.1, 0.15) is 54.4 Å². The van der Waals surface area contributed by atoms with Crippen LogP contribution in [0.15, 0.2) is 53.4 Å². The Kier molecular flexibility index (Phi) is 5.66. The molecule has 2 aromatic rings. The minimum atomic E-state index is -9.75. The van der Waals surface area contributed by atoms with Crippen molar-refractivity contribution in [3.8, 4) is 5.75 Å². The fraction of sp³-hybridized carbons (Fsp3) is 0.381. The van der Waals surface area contributed by atoms with Crippen LogP contribution in [0.5, 0.6) is 5.75 Å². The molecule has 0 saturated heterocycles. The van der Waals surface area contributed by atoms with Crippen LogP contribution in [0.25, 0.3) is 0 Å². The second-order valence-electron chi connectivity index (χ2n) is 7.38. The Morgan fingerprint density at radius 2 is 1.47 bits per heavy atom. The molecular weight excluding hydrogens is 427 g/mol. The highest BCUT2D eigenvalue weighted by atomic mass is 32.5. The number of benzene rings is 2. The normalized spacial score (nSPS) is 22.1. The van der Waals surface area contributed by atoms with Crippen LogP contribution in [-0.2, 0) is 4.74 Å². The van der Waals surface area contributed by atoms with Crippen molar-refractivity contribution in [1.29, 1.82) is 0 Å². The highest BCUT2D eigenvalue weighted by Gasteiger charge is 2.65. The Hall–Kier alpha value is -2.13. The van der Waals surface area contributed by atoms with Crippen molar-refractivity contribution in [2.45, 2.75) is 49.5 Å². The summed E-state index contributed by atoms with van der Waals surface area (Å²) in [4.78, 5) is 10.2. The first kappa shape index (κ1) is 22.6. The van der Waals surface area contributed by atoms with E-state index in [-0.39, 0.29) is 23.4 Å². The summed E-state index contributed by atoms with van der Waals surface area (Å²) in [5.74, 6) is -0.642. The fourth-order valence-electron chi connectivity index (χ4n) is 3.62. The molecule has 1 aliphatic carbocycles. The average molecular weight is 450 g/mol. The van der Waals surface area contributed by atoms with E-state index in [9.17, 15) is 24.2 Å². The van der Waals surface area contributed by atoms with Crippen molar-refractivity contribution in [3.05, 3.63) is 59.7 Å². The number of rotatable bonds is 6. The van der Waals surface area contributed by atoms with E-state index in [1.807, 2.05) is 19.1 Å². The van der Waals surface area contributed by atoms with Gasteiger partial charge in [-0.1, -0.05) is 31.6 Å². The zero-order valence-electron chi connectivity index (χ0n) is 16.3. The highest BCUT2D eigenvalue weighted by molar-refractivity contribution is 8.45. The summed E-state index contributed by atoms with van der Waals surface area (Å²) in [6.45, 7) is 2.68. The molecule has 1 fully saturated rings. The van der Waals surface area contributed by atoms with Gasteiger partial charge >= 0.3 is 16.2 Å². The molecule has 0 spiro atoms. The first-order chi connectivity index (χ1) is 13.9. The minimum absolute atomic E-state index is 0.214. The monoisotopic (exact) mass is 450 g/mol. The topological polar surface area (TPSA) is 35.5 Å². The summed E-state index contributed by atoms with van der Waals surface area (Å²) < 4.78 is 74.4. The van der Waals surface area contributed by atoms with Crippen molar-refractivity contribution in [2.75, 3.05) is 6.61 Å². The van der Waals surface area contributed by atoms with E-state index in [4.69, 9.17) is 9.47 Å². The van der Waals surface area contributed by atoms with Crippen LogP contribution in [0.2, 0.25) is 0 Å². The van der Waals surface area contributed by atoms with Gasteiger partial charge in [0.1, 0.15) is 10.6 Å². The van der Waals surface area contributed by atoms with Crippen molar-refractivity contribution >= 4 is 16.2 Å². The molecule has 0 unspecified atom stereocenters. The summed E-state index contributed by atoms with van der Waals surface area (Å²) in [5, 5.41) is 0. The smallest absolute Gasteiger partial charge is 0.343 e. The molecule has 1 saturated carbocycles. The summed E-state index contributed by atoms with van der Waals surface area (Å²) in [7, 11) is -9.75. The van der Waals surface area contributed by atoms with Gasteiger partial charge in [0.05, 0.1) is 11.7 Å². The van der Waals surface area contributed by atoms with Crippen molar-refractivity contribution < 1.29 is 33.7 Å². The van der Waals surface area contributed by atoms with Gasteiger partial charge in [0.2, 0.25) is 0 Å². The highest BCUT2D eigenvalue weighted by Crippen LogP contribution is 3.02. The molecule has 1 aliphatic rings. The number of esters is 1. The van der Waals surface area contributed by atoms with Gasteiger partial charge in [-0.3, -0.25) is 0 Å². The van der Waals surface area contributed by atoms with Gasteiger partial charge in [0.15, 0.2) is 0 Å². The molecule has 3 nitrogen and oxygen atoms in total. The molecule has 0 amide bonds. The van der Waals surface area contributed by atoms with Crippen LogP contribution < -0.4 is 4.74 Å². The largest absolute Gasteiger partial charge is 0.423 e. The lowest BCUT2D eigenvalue weighted by molar-refractivity contribution is 0.0328. The number of halogens is 5. The van der Waals surface area contributed by atoms with Gasteiger partial charge < -0.3 is 9.47 Å². The summed E-state index contributed by atoms with van der Waals surface area (Å²) in [6.07, 6.45) is 4.25. The Balaban J connectivity index is 1.62. The third-order valence-corrected chi connectivity index (χ3v) is 6.34. The first-order valence-electron chi connectivity index (χ1n) is 9.63. The Labute approximate surface area is 171 Å². The first-order valence-corrected chi connectivity index (χ1v) is 11.6. The van der Waals surface area contributed by atoms with Crippen molar-refractivity contribution in [3.63, 3.8) is 0 Å². The molecule has 0 N–H and O–H groups in total. The third kappa shape index (κ3) is 5.72. The molecule has 0 atom stereocenters. The van der Waals surface area contributed by atoms with Gasteiger partial charge in [0.25, 0.3) is 0 Å². The molecule has 30 heavy (non-hydrogen) atoms. The van der Waals surface area contributed by atoms with E-state index in [1.54, 1.807) is 12.1 Å². The maximum atomic E-state index is 12.7. The standard InChI is InChI=1S/C21H23F5O3S/c1-2-28-18-9-7-16(8-10-18)15-3-5-17(6-4-15)21(27)29-19-11-13-20(14-12-19)30(22,23,24,25)26/h3-6,11-14,16,18H,2,7-10H2,1H3/t16-,18-. The Morgan fingerprint density at radius 3 is 1.97 bits per heavy atom. The van der Waals surface area contributed by atoms with Crippen LogP contribution in [0.3, 0.4) is 0 Å². The van der Waals surface area contributed by atoms with E-state index in [0.29, 0.717) is 30.8 Å². The van der Waals surface area contributed by atoms with Gasteiger partial charge in [-0.05, 0) is 80.5 Å². The molecule has 2 aromatic carbocycles. The molecule has 0 bridgehead atoms. The number of hydrogen-bond donors (Lipinski definition) is 0. The van der Waals surface area contributed by atoms with Crippen LogP contribution in [-0.4, -0.2) is 18.7 Å². The number of carbonyl (C=O) groups excluding carboxylic acids is 1. The number of ether oxygens (including phenoxy) is 2. The number of carbonyl (C=O) groups is 1. The van der Waals surface area contributed by atoms with Gasteiger partial charge in [-0.25, -0.2) is 4.79 Å². The van der Waals surface area contributed by atoms with Gasteiger partial charge in [0, 0.05) is 6.61 Å². The molecule has 0 heterocycles.